The Labute approximate surface area is 200 Å². The van der Waals surface area contributed by atoms with Gasteiger partial charge in [0.15, 0.2) is 17.5 Å². The van der Waals surface area contributed by atoms with Crippen molar-refractivity contribution in [1.29, 1.82) is 0 Å². The van der Waals surface area contributed by atoms with Gasteiger partial charge < -0.3 is 20.1 Å². The van der Waals surface area contributed by atoms with Gasteiger partial charge in [0.1, 0.15) is 0 Å². The van der Waals surface area contributed by atoms with E-state index in [4.69, 9.17) is 9.47 Å². The van der Waals surface area contributed by atoms with Crippen LogP contribution in [0.5, 0.6) is 11.5 Å². The Kier molecular flexibility index (Phi) is 9.85. The highest BCUT2D eigenvalue weighted by Gasteiger charge is 2.13. The van der Waals surface area contributed by atoms with Crippen molar-refractivity contribution in [3.8, 4) is 11.5 Å². The molecule has 2 aromatic carbocycles. The van der Waals surface area contributed by atoms with Gasteiger partial charge in [-0.3, -0.25) is 4.99 Å². The number of benzene rings is 2. The van der Waals surface area contributed by atoms with Crippen LogP contribution < -0.4 is 24.8 Å². The molecule has 0 saturated heterocycles. The van der Waals surface area contributed by atoms with E-state index in [0.717, 1.165) is 23.4 Å². The fourth-order valence-corrected chi connectivity index (χ4v) is 3.85. The smallest absolute Gasteiger partial charge is 0.240 e. The Morgan fingerprint density at radius 3 is 2.48 bits per heavy atom. The minimum Gasteiger partial charge on any atom is -0.490 e. The first-order chi connectivity index (χ1) is 14.5. The molecule has 0 aliphatic carbocycles. The van der Waals surface area contributed by atoms with Crippen molar-refractivity contribution in [2.24, 2.45) is 4.99 Å². The minimum absolute atomic E-state index is 0. The number of fused-ring (bicyclic) bond motifs is 1. The fourth-order valence-electron chi connectivity index (χ4n) is 2.83. The standard InChI is InChI=1S/C21H28N4O4S.HI/c1-3-22-21(25-17-7-10-19-20(15-17)29-14-4-13-28-19)23-11-12-24-30(26,27)18-8-5-16(2)6-9-18;/h5-10,15,24H,3-4,11-14H2,1-2H3,(H2,22,23,25);1H. The van der Waals surface area contributed by atoms with Gasteiger partial charge in [-0.25, -0.2) is 13.1 Å². The second-order valence-corrected chi connectivity index (χ2v) is 8.58. The summed E-state index contributed by atoms with van der Waals surface area (Å²) >= 11 is 0. The largest absolute Gasteiger partial charge is 0.490 e. The first-order valence-electron chi connectivity index (χ1n) is 9.99. The lowest BCUT2D eigenvalue weighted by Crippen LogP contribution is -2.32. The molecule has 0 spiro atoms. The number of aliphatic imine (C=N–C) groups is 1. The number of nitrogens with zero attached hydrogens (tertiary/aromatic N) is 1. The van der Waals surface area contributed by atoms with Crippen LogP contribution in [0.3, 0.4) is 0 Å². The molecular weight excluding hydrogens is 531 g/mol. The summed E-state index contributed by atoms with van der Waals surface area (Å²) in [6.45, 7) is 6.28. The van der Waals surface area contributed by atoms with Gasteiger partial charge in [-0.2, -0.15) is 0 Å². The van der Waals surface area contributed by atoms with E-state index in [1.54, 1.807) is 24.3 Å². The predicted molar refractivity (Wildman–Crippen MR) is 133 cm³/mol. The zero-order valence-electron chi connectivity index (χ0n) is 17.7. The zero-order valence-corrected chi connectivity index (χ0v) is 20.8. The van der Waals surface area contributed by atoms with Crippen LogP contribution in [0.25, 0.3) is 0 Å². The molecule has 170 valence electrons. The average Bonchev–Trinajstić information content (AvgIpc) is 2.96. The quantitative estimate of drug-likeness (QED) is 0.208. The van der Waals surface area contributed by atoms with Gasteiger partial charge in [0.25, 0.3) is 0 Å². The SMILES string of the molecule is CCNC(=NCCNS(=O)(=O)c1ccc(C)cc1)Nc1ccc2c(c1)OCCCO2.I. The summed E-state index contributed by atoms with van der Waals surface area (Å²) in [6.07, 6.45) is 0.847. The topological polar surface area (TPSA) is 101 Å². The lowest BCUT2D eigenvalue weighted by molar-refractivity contribution is 0.297. The number of guanidine groups is 1. The van der Waals surface area contributed by atoms with E-state index in [9.17, 15) is 8.42 Å². The van der Waals surface area contributed by atoms with E-state index in [1.165, 1.54) is 0 Å². The molecule has 1 aliphatic rings. The molecule has 2 aromatic rings. The molecular formula is C21H29IN4O4S. The highest BCUT2D eigenvalue weighted by Crippen LogP contribution is 2.32. The molecule has 0 bridgehead atoms. The highest BCUT2D eigenvalue weighted by molar-refractivity contribution is 14.0. The van der Waals surface area contributed by atoms with Gasteiger partial charge in [-0.05, 0) is 38.1 Å². The van der Waals surface area contributed by atoms with Crippen LogP contribution in [-0.2, 0) is 10.0 Å². The second kappa shape index (κ2) is 12.1. The second-order valence-electron chi connectivity index (χ2n) is 6.81. The molecule has 3 N–H and O–H groups in total. The molecule has 0 aromatic heterocycles. The first kappa shape index (κ1) is 25.2. The molecule has 0 saturated carbocycles. The van der Waals surface area contributed by atoms with Crippen molar-refractivity contribution in [3.05, 3.63) is 48.0 Å². The highest BCUT2D eigenvalue weighted by atomic mass is 127. The van der Waals surface area contributed by atoms with Gasteiger partial charge in [-0.1, -0.05) is 17.7 Å². The number of nitrogens with one attached hydrogen (secondary N) is 3. The maximum absolute atomic E-state index is 12.4. The van der Waals surface area contributed by atoms with Gasteiger partial charge in [-0.15, -0.1) is 24.0 Å². The molecule has 0 fully saturated rings. The molecule has 0 unspecified atom stereocenters. The van der Waals surface area contributed by atoms with Crippen molar-refractivity contribution in [3.63, 3.8) is 0 Å². The third-order valence-corrected chi connectivity index (χ3v) is 5.84. The van der Waals surface area contributed by atoms with Crippen LogP contribution in [0.4, 0.5) is 5.69 Å². The first-order valence-corrected chi connectivity index (χ1v) is 11.5. The Balaban J connectivity index is 0.00000341. The normalized spacial score (nSPS) is 13.7. The third kappa shape index (κ3) is 7.54. The van der Waals surface area contributed by atoms with Crippen LogP contribution in [0, 0.1) is 6.92 Å². The van der Waals surface area contributed by atoms with E-state index in [-0.39, 0.29) is 42.0 Å². The molecule has 1 heterocycles. The Morgan fingerprint density at radius 1 is 1.06 bits per heavy atom. The number of rotatable bonds is 7. The zero-order chi connectivity index (χ0) is 21.4. The fraction of sp³-hybridized carbons (Fsp3) is 0.381. The van der Waals surface area contributed by atoms with Gasteiger partial charge in [0, 0.05) is 31.3 Å². The Morgan fingerprint density at radius 2 is 1.77 bits per heavy atom. The van der Waals surface area contributed by atoms with Gasteiger partial charge >= 0.3 is 0 Å². The predicted octanol–water partition coefficient (Wildman–Crippen LogP) is 3.13. The number of halogens is 1. The summed E-state index contributed by atoms with van der Waals surface area (Å²) in [7, 11) is -3.55. The van der Waals surface area contributed by atoms with Crippen LogP contribution in [0.15, 0.2) is 52.4 Å². The number of ether oxygens (including phenoxy) is 2. The van der Waals surface area contributed by atoms with E-state index in [2.05, 4.69) is 20.3 Å². The number of anilines is 1. The molecule has 0 radical (unpaired) electrons. The summed E-state index contributed by atoms with van der Waals surface area (Å²) in [4.78, 5) is 4.69. The molecule has 3 rings (SSSR count). The third-order valence-electron chi connectivity index (χ3n) is 4.36. The summed E-state index contributed by atoms with van der Waals surface area (Å²) in [5.41, 5.74) is 1.81. The lowest BCUT2D eigenvalue weighted by Gasteiger charge is -2.14. The maximum atomic E-state index is 12.4. The van der Waals surface area contributed by atoms with E-state index in [0.29, 0.717) is 31.5 Å². The summed E-state index contributed by atoms with van der Waals surface area (Å²) < 4.78 is 38.6. The van der Waals surface area contributed by atoms with Crippen molar-refractivity contribution in [2.75, 3.05) is 38.2 Å². The Hall–Kier alpha value is -2.05. The molecule has 10 heteroatoms. The van der Waals surface area contributed by atoms with E-state index >= 15 is 0 Å². The minimum atomic E-state index is -3.55. The van der Waals surface area contributed by atoms with E-state index in [1.807, 2.05) is 32.0 Å². The molecule has 0 amide bonds. The van der Waals surface area contributed by atoms with Gasteiger partial charge in [0.2, 0.25) is 10.0 Å². The van der Waals surface area contributed by atoms with Crippen molar-refractivity contribution >= 4 is 45.6 Å². The van der Waals surface area contributed by atoms with Gasteiger partial charge in [0.05, 0.1) is 24.7 Å². The van der Waals surface area contributed by atoms with Crippen LogP contribution in [0.2, 0.25) is 0 Å². The average molecular weight is 560 g/mol. The Bertz CT molecular complexity index is 981. The summed E-state index contributed by atoms with van der Waals surface area (Å²) in [6, 6.07) is 12.4. The summed E-state index contributed by atoms with van der Waals surface area (Å²) in [5, 5.41) is 6.36. The lowest BCUT2D eigenvalue weighted by atomic mass is 10.2. The monoisotopic (exact) mass is 560 g/mol. The van der Waals surface area contributed by atoms with Crippen molar-refractivity contribution in [2.45, 2.75) is 25.2 Å². The van der Waals surface area contributed by atoms with Crippen molar-refractivity contribution < 1.29 is 17.9 Å². The number of hydrogen-bond acceptors (Lipinski definition) is 5. The number of hydrogen-bond donors (Lipinski definition) is 3. The summed E-state index contributed by atoms with van der Waals surface area (Å²) in [5.74, 6) is 1.98. The molecule has 31 heavy (non-hydrogen) atoms. The van der Waals surface area contributed by atoms with Crippen molar-refractivity contribution in [1.82, 2.24) is 10.0 Å². The molecule has 8 nitrogen and oxygen atoms in total. The number of aryl methyl sites for hydroxylation is 1. The van der Waals surface area contributed by atoms with E-state index < -0.39 is 10.0 Å². The van der Waals surface area contributed by atoms with Crippen LogP contribution in [-0.4, -0.2) is 47.2 Å². The maximum Gasteiger partial charge on any atom is 0.240 e. The molecule has 0 atom stereocenters. The van der Waals surface area contributed by atoms with Crippen LogP contribution >= 0.6 is 24.0 Å². The number of sulfonamides is 1. The molecule has 1 aliphatic heterocycles. The van der Waals surface area contributed by atoms with Crippen LogP contribution in [0.1, 0.15) is 18.9 Å².